The van der Waals surface area contributed by atoms with Crippen LogP contribution >= 0.6 is 0 Å². The first kappa shape index (κ1) is 19.7. The number of hydrogen-bond acceptors (Lipinski definition) is 3. The van der Waals surface area contributed by atoms with Gasteiger partial charge in [0.1, 0.15) is 5.82 Å². The number of carbonyl (C=O) groups is 2. The van der Waals surface area contributed by atoms with Crippen LogP contribution in [0.4, 0.5) is 16.3 Å². The molecule has 0 bridgehead atoms. The van der Waals surface area contributed by atoms with Crippen molar-refractivity contribution < 1.29 is 9.59 Å². The number of carbonyl (C=O) groups excluding carboxylic acids is 2. The summed E-state index contributed by atoms with van der Waals surface area (Å²) >= 11 is 0. The molecule has 7 heteroatoms. The summed E-state index contributed by atoms with van der Waals surface area (Å²) in [6, 6.07) is 18.4. The van der Waals surface area contributed by atoms with Crippen LogP contribution in [-0.4, -0.2) is 39.7 Å². The fourth-order valence-corrected chi connectivity index (χ4v) is 3.53. The van der Waals surface area contributed by atoms with Gasteiger partial charge in [0, 0.05) is 43.0 Å². The van der Waals surface area contributed by atoms with Gasteiger partial charge in [0.15, 0.2) is 0 Å². The number of urea groups is 1. The molecule has 1 aliphatic rings. The Kier molecular flexibility index (Phi) is 5.79. The van der Waals surface area contributed by atoms with Crippen molar-refractivity contribution in [2.45, 2.75) is 19.3 Å². The van der Waals surface area contributed by atoms with Crippen molar-refractivity contribution in [1.29, 1.82) is 0 Å². The van der Waals surface area contributed by atoms with Gasteiger partial charge in [0.25, 0.3) is 5.91 Å². The number of piperidine rings is 1. The van der Waals surface area contributed by atoms with Crippen LogP contribution in [0.15, 0.2) is 60.7 Å². The summed E-state index contributed by atoms with van der Waals surface area (Å²) in [7, 11) is 1.79. The molecule has 154 valence electrons. The molecule has 2 N–H and O–H groups in total. The van der Waals surface area contributed by atoms with Gasteiger partial charge in [0.05, 0.1) is 5.69 Å². The van der Waals surface area contributed by atoms with Crippen molar-refractivity contribution >= 4 is 23.4 Å². The van der Waals surface area contributed by atoms with E-state index >= 15 is 0 Å². The van der Waals surface area contributed by atoms with Crippen molar-refractivity contribution in [1.82, 2.24) is 14.7 Å². The standard InChI is InChI=1S/C23H25N5O2/c1-27-21(25-22(29)18-8-4-2-5-9-18)16-20(26-27)17-10-12-19(13-11-17)24-23(30)28-14-6-3-7-15-28/h2,4-5,8-13,16H,3,6-7,14-15H2,1H3,(H,24,30)(H,25,29). The van der Waals surface area contributed by atoms with E-state index < -0.39 is 0 Å². The highest BCUT2D eigenvalue weighted by Crippen LogP contribution is 2.24. The van der Waals surface area contributed by atoms with E-state index in [1.807, 2.05) is 53.4 Å². The maximum absolute atomic E-state index is 12.4. The van der Waals surface area contributed by atoms with E-state index in [0.29, 0.717) is 11.4 Å². The second-order valence-electron chi connectivity index (χ2n) is 7.41. The second-order valence-corrected chi connectivity index (χ2v) is 7.41. The number of likely N-dealkylation sites (tertiary alicyclic amines) is 1. The molecule has 0 radical (unpaired) electrons. The molecule has 30 heavy (non-hydrogen) atoms. The summed E-state index contributed by atoms with van der Waals surface area (Å²) in [5.74, 6) is 0.433. The number of benzene rings is 2. The van der Waals surface area contributed by atoms with Gasteiger partial charge < -0.3 is 15.5 Å². The third-order valence-electron chi connectivity index (χ3n) is 5.23. The van der Waals surface area contributed by atoms with Gasteiger partial charge in [0.2, 0.25) is 0 Å². The van der Waals surface area contributed by atoms with E-state index in [0.717, 1.165) is 42.9 Å². The van der Waals surface area contributed by atoms with E-state index in [4.69, 9.17) is 0 Å². The van der Waals surface area contributed by atoms with Gasteiger partial charge in [-0.05, 0) is 43.5 Å². The quantitative estimate of drug-likeness (QED) is 0.679. The normalized spacial score (nSPS) is 13.7. The van der Waals surface area contributed by atoms with Crippen LogP contribution in [0.3, 0.4) is 0 Å². The number of amides is 3. The van der Waals surface area contributed by atoms with Crippen LogP contribution in [0.1, 0.15) is 29.6 Å². The SMILES string of the molecule is Cn1nc(-c2ccc(NC(=O)N3CCCCC3)cc2)cc1NC(=O)c1ccccc1. The summed E-state index contributed by atoms with van der Waals surface area (Å²) in [5, 5.41) is 10.3. The van der Waals surface area contributed by atoms with Gasteiger partial charge in [-0.3, -0.25) is 9.48 Å². The summed E-state index contributed by atoms with van der Waals surface area (Å²) in [4.78, 5) is 26.6. The van der Waals surface area contributed by atoms with Gasteiger partial charge in [-0.25, -0.2) is 4.79 Å². The predicted octanol–water partition coefficient (Wildman–Crippen LogP) is 4.36. The van der Waals surface area contributed by atoms with Gasteiger partial charge >= 0.3 is 6.03 Å². The molecule has 7 nitrogen and oxygen atoms in total. The van der Waals surface area contributed by atoms with E-state index in [9.17, 15) is 9.59 Å². The lowest BCUT2D eigenvalue weighted by molar-refractivity contribution is 0.102. The Bertz CT molecular complexity index is 1020. The van der Waals surface area contributed by atoms with Crippen molar-refractivity contribution in [2.24, 2.45) is 7.05 Å². The predicted molar refractivity (Wildman–Crippen MR) is 117 cm³/mol. The van der Waals surface area contributed by atoms with Crippen LogP contribution in [-0.2, 0) is 7.05 Å². The fourth-order valence-electron chi connectivity index (χ4n) is 3.53. The minimum absolute atomic E-state index is 0.0498. The van der Waals surface area contributed by atoms with Crippen molar-refractivity contribution in [3.63, 3.8) is 0 Å². The molecule has 1 fully saturated rings. The zero-order valence-corrected chi connectivity index (χ0v) is 17.0. The molecular formula is C23H25N5O2. The number of nitrogens with one attached hydrogen (secondary N) is 2. The van der Waals surface area contributed by atoms with Gasteiger partial charge in [-0.1, -0.05) is 30.3 Å². The second kappa shape index (κ2) is 8.82. The van der Waals surface area contributed by atoms with Crippen molar-refractivity contribution in [3.8, 4) is 11.3 Å². The first-order valence-electron chi connectivity index (χ1n) is 10.2. The molecule has 0 aliphatic carbocycles. The summed E-state index contributed by atoms with van der Waals surface area (Å²) in [5.41, 5.74) is 2.99. The van der Waals surface area contributed by atoms with Crippen LogP contribution in [0.5, 0.6) is 0 Å². The Morgan fingerprint density at radius 2 is 1.60 bits per heavy atom. The molecule has 1 saturated heterocycles. The lowest BCUT2D eigenvalue weighted by Crippen LogP contribution is -2.38. The van der Waals surface area contributed by atoms with Gasteiger partial charge in [-0.15, -0.1) is 0 Å². The van der Waals surface area contributed by atoms with Crippen LogP contribution in [0, 0.1) is 0 Å². The highest BCUT2D eigenvalue weighted by atomic mass is 16.2. The summed E-state index contributed by atoms with van der Waals surface area (Å²) in [6.07, 6.45) is 3.32. The number of hydrogen-bond donors (Lipinski definition) is 2. The van der Waals surface area contributed by atoms with Gasteiger partial charge in [-0.2, -0.15) is 5.10 Å². The lowest BCUT2D eigenvalue weighted by atomic mass is 10.1. The Balaban J connectivity index is 1.42. The molecule has 1 aliphatic heterocycles. The van der Waals surface area contributed by atoms with Crippen molar-refractivity contribution in [2.75, 3.05) is 23.7 Å². The van der Waals surface area contributed by atoms with Crippen LogP contribution in [0.25, 0.3) is 11.3 Å². The maximum Gasteiger partial charge on any atom is 0.321 e. The molecule has 0 saturated carbocycles. The Labute approximate surface area is 175 Å². The average Bonchev–Trinajstić information content (AvgIpc) is 3.15. The minimum atomic E-state index is -0.180. The van der Waals surface area contributed by atoms with E-state index in [1.54, 1.807) is 23.9 Å². The Morgan fingerprint density at radius 1 is 0.900 bits per heavy atom. The number of anilines is 2. The molecular weight excluding hydrogens is 378 g/mol. The van der Waals surface area contributed by atoms with E-state index in [-0.39, 0.29) is 11.9 Å². The third kappa shape index (κ3) is 4.51. The molecule has 4 rings (SSSR count). The lowest BCUT2D eigenvalue weighted by Gasteiger charge is -2.26. The largest absolute Gasteiger partial charge is 0.325 e. The fraction of sp³-hybridized carbons (Fsp3) is 0.261. The molecule has 0 spiro atoms. The zero-order valence-electron chi connectivity index (χ0n) is 17.0. The number of aryl methyl sites for hydroxylation is 1. The zero-order chi connectivity index (χ0) is 20.9. The maximum atomic E-state index is 12.4. The molecule has 3 aromatic rings. The van der Waals surface area contributed by atoms with Crippen LogP contribution < -0.4 is 10.6 Å². The molecule has 0 atom stereocenters. The Hall–Kier alpha value is -3.61. The minimum Gasteiger partial charge on any atom is -0.325 e. The smallest absolute Gasteiger partial charge is 0.321 e. The van der Waals surface area contributed by atoms with Crippen LogP contribution in [0.2, 0.25) is 0 Å². The first-order valence-corrected chi connectivity index (χ1v) is 10.2. The molecule has 2 heterocycles. The topological polar surface area (TPSA) is 79.3 Å². The van der Waals surface area contributed by atoms with E-state index in [2.05, 4.69) is 15.7 Å². The third-order valence-corrected chi connectivity index (χ3v) is 5.23. The summed E-state index contributed by atoms with van der Waals surface area (Å²) in [6.45, 7) is 1.63. The summed E-state index contributed by atoms with van der Waals surface area (Å²) < 4.78 is 1.64. The average molecular weight is 403 g/mol. The molecule has 1 aromatic heterocycles. The highest BCUT2D eigenvalue weighted by Gasteiger charge is 2.16. The van der Waals surface area contributed by atoms with Crippen molar-refractivity contribution in [3.05, 3.63) is 66.2 Å². The van der Waals surface area contributed by atoms with E-state index in [1.165, 1.54) is 6.42 Å². The first-order chi connectivity index (χ1) is 14.6. The highest BCUT2D eigenvalue weighted by molar-refractivity contribution is 6.04. The number of nitrogens with zero attached hydrogens (tertiary/aromatic N) is 3. The Morgan fingerprint density at radius 3 is 2.30 bits per heavy atom. The number of rotatable bonds is 4. The monoisotopic (exact) mass is 403 g/mol. The molecule has 0 unspecified atom stereocenters. The number of aromatic nitrogens is 2. The molecule has 2 aromatic carbocycles. The molecule has 3 amide bonds.